The molecule has 1 saturated heterocycles. The van der Waals surface area contributed by atoms with Gasteiger partial charge in [-0.2, -0.15) is 0 Å². The van der Waals surface area contributed by atoms with Gasteiger partial charge in [0.2, 0.25) is 5.95 Å². The second-order valence-corrected chi connectivity index (χ2v) is 9.17. The lowest BCUT2D eigenvalue weighted by atomic mass is 10.1. The third-order valence-electron chi connectivity index (χ3n) is 6.72. The maximum Gasteiger partial charge on any atom is 0.267 e. The summed E-state index contributed by atoms with van der Waals surface area (Å²) in [6.45, 7) is 3.96. The van der Waals surface area contributed by atoms with Gasteiger partial charge in [0, 0.05) is 30.8 Å². The van der Waals surface area contributed by atoms with Crippen molar-refractivity contribution in [2.75, 3.05) is 32.2 Å². The van der Waals surface area contributed by atoms with Crippen molar-refractivity contribution in [3.63, 3.8) is 0 Å². The van der Waals surface area contributed by atoms with E-state index in [0.29, 0.717) is 33.9 Å². The molecule has 0 radical (unpaired) electrons. The Balaban J connectivity index is 1.50. The van der Waals surface area contributed by atoms with Crippen LogP contribution in [-0.2, 0) is 6.54 Å². The molecular weight excluding hydrogens is 468 g/mol. The highest BCUT2D eigenvalue weighted by Gasteiger charge is 2.22. The molecule has 1 aromatic heterocycles. The molecule has 190 valence electrons. The van der Waals surface area contributed by atoms with Crippen molar-refractivity contribution in [2.24, 2.45) is 0 Å². The number of methoxy groups -OCH3 is 2. The first-order valence-electron chi connectivity index (χ1n) is 12.4. The monoisotopic (exact) mass is 498 g/mol. The molecule has 0 spiro atoms. The molecule has 0 saturated carbocycles. The van der Waals surface area contributed by atoms with E-state index in [1.54, 1.807) is 49.1 Å². The van der Waals surface area contributed by atoms with Crippen molar-refractivity contribution in [1.29, 1.82) is 0 Å². The number of rotatable bonds is 7. The first kappa shape index (κ1) is 24.4. The third kappa shape index (κ3) is 4.87. The van der Waals surface area contributed by atoms with Crippen molar-refractivity contribution in [1.82, 2.24) is 14.9 Å². The van der Waals surface area contributed by atoms with Gasteiger partial charge in [-0.3, -0.25) is 9.59 Å². The number of carbonyl (C=O) groups excluding carboxylic acids is 1. The molecule has 1 fully saturated rings. The summed E-state index contributed by atoms with van der Waals surface area (Å²) in [6, 6.07) is 18.3. The van der Waals surface area contributed by atoms with E-state index in [2.05, 4.69) is 10.2 Å². The summed E-state index contributed by atoms with van der Waals surface area (Å²) in [4.78, 5) is 33.8. The Morgan fingerprint density at radius 2 is 1.73 bits per heavy atom. The van der Waals surface area contributed by atoms with Crippen LogP contribution in [0.5, 0.6) is 11.5 Å². The van der Waals surface area contributed by atoms with Gasteiger partial charge < -0.3 is 19.7 Å². The van der Waals surface area contributed by atoms with E-state index in [1.165, 1.54) is 0 Å². The van der Waals surface area contributed by atoms with Crippen molar-refractivity contribution < 1.29 is 14.3 Å². The van der Waals surface area contributed by atoms with E-state index >= 15 is 0 Å². The van der Waals surface area contributed by atoms with Crippen LogP contribution in [0.15, 0.2) is 65.5 Å². The molecule has 3 aromatic carbocycles. The lowest BCUT2D eigenvalue weighted by molar-refractivity contribution is 0.0950. The summed E-state index contributed by atoms with van der Waals surface area (Å²) in [5.41, 5.74) is 3.48. The second-order valence-electron chi connectivity index (χ2n) is 9.17. The molecule has 1 N–H and O–H groups in total. The highest BCUT2D eigenvalue weighted by molar-refractivity contribution is 5.97. The average molecular weight is 499 g/mol. The minimum absolute atomic E-state index is 0.149. The number of amides is 1. The van der Waals surface area contributed by atoms with Crippen molar-refractivity contribution in [2.45, 2.75) is 26.3 Å². The second kappa shape index (κ2) is 10.3. The van der Waals surface area contributed by atoms with Crippen molar-refractivity contribution >= 4 is 22.8 Å². The van der Waals surface area contributed by atoms with Gasteiger partial charge in [-0.25, -0.2) is 9.55 Å². The highest BCUT2D eigenvalue weighted by Crippen LogP contribution is 2.25. The van der Waals surface area contributed by atoms with Gasteiger partial charge in [-0.15, -0.1) is 0 Å². The van der Waals surface area contributed by atoms with Gasteiger partial charge in [0.05, 0.1) is 30.8 Å². The summed E-state index contributed by atoms with van der Waals surface area (Å²) in [7, 11) is 3.18. The summed E-state index contributed by atoms with van der Waals surface area (Å²) in [6.07, 6.45) is 2.11. The molecule has 0 bridgehead atoms. The molecule has 2 heterocycles. The molecule has 8 heteroatoms. The normalized spacial score (nSPS) is 13.1. The van der Waals surface area contributed by atoms with Crippen LogP contribution in [0.3, 0.4) is 0 Å². The first-order valence-corrected chi connectivity index (χ1v) is 12.4. The molecule has 0 unspecified atom stereocenters. The molecule has 0 aliphatic carbocycles. The van der Waals surface area contributed by atoms with E-state index in [1.807, 2.05) is 37.3 Å². The number of hydrogen-bond donors (Lipinski definition) is 1. The number of benzene rings is 3. The maximum atomic E-state index is 13.7. The molecule has 4 aromatic rings. The number of aryl methyl sites for hydroxylation is 1. The first-order chi connectivity index (χ1) is 18.0. The summed E-state index contributed by atoms with van der Waals surface area (Å²) in [5.74, 6) is 1.68. The third-order valence-corrected chi connectivity index (χ3v) is 6.72. The van der Waals surface area contributed by atoms with E-state index in [9.17, 15) is 9.59 Å². The van der Waals surface area contributed by atoms with Crippen LogP contribution in [0.2, 0.25) is 0 Å². The molecule has 1 amide bonds. The van der Waals surface area contributed by atoms with Crippen LogP contribution in [0, 0.1) is 6.92 Å². The Morgan fingerprint density at radius 3 is 2.43 bits per heavy atom. The fraction of sp³-hybridized carbons (Fsp3) is 0.276. The minimum atomic E-state index is -0.265. The molecule has 0 atom stereocenters. The predicted molar refractivity (Wildman–Crippen MR) is 144 cm³/mol. The molecule has 5 rings (SSSR count). The zero-order valence-corrected chi connectivity index (χ0v) is 21.3. The SMILES string of the molecule is COc1ccc(OC)c(CNC(=O)c2ccc3c(=O)n(-c4ccc(C)cc4)c(N4CCCC4)nc3c2)c1. The van der Waals surface area contributed by atoms with Crippen molar-refractivity contribution in [3.05, 3.63) is 87.7 Å². The Hall–Kier alpha value is -4.33. The van der Waals surface area contributed by atoms with Gasteiger partial charge in [0.15, 0.2) is 0 Å². The van der Waals surface area contributed by atoms with Crippen LogP contribution >= 0.6 is 0 Å². The number of nitrogens with one attached hydrogen (secondary N) is 1. The predicted octanol–water partition coefficient (Wildman–Crippen LogP) is 4.24. The lowest BCUT2D eigenvalue weighted by Crippen LogP contribution is -2.30. The van der Waals surface area contributed by atoms with Crippen LogP contribution < -0.4 is 25.2 Å². The molecule has 8 nitrogen and oxygen atoms in total. The van der Waals surface area contributed by atoms with Crippen LogP contribution in [-0.4, -0.2) is 42.8 Å². The number of aromatic nitrogens is 2. The van der Waals surface area contributed by atoms with Gasteiger partial charge in [0.25, 0.3) is 11.5 Å². The van der Waals surface area contributed by atoms with Gasteiger partial charge in [0.1, 0.15) is 11.5 Å². The number of anilines is 1. The summed E-state index contributed by atoms with van der Waals surface area (Å²) >= 11 is 0. The fourth-order valence-electron chi connectivity index (χ4n) is 4.67. The zero-order valence-electron chi connectivity index (χ0n) is 21.3. The van der Waals surface area contributed by atoms with E-state index < -0.39 is 0 Å². The Morgan fingerprint density at radius 1 is 0.973 bits per heavy atom. The summed E-state index contributed by atoms with van der Waals surface area (Å²) in [5, 5.41) is 3.40. The Bertz CT molecular complexity index is 1510. The zero-order chi connectivity index (χ0) is 25.9. The highest BCUT2D eigenvalue weighted by atomic mass is 16.5. The molecule has 37 heavy (non-hydrogen) atoms. The Kier molecular flexibility index (Phi) is 6.81. The fourth-order valence-corrected chi connectivity index (χ4v) is 4.67. The maximum absolute atomic E-state index is 13.7. The minimum Gasteiger partial charge on any atom is -0.497 e. The van der Waals surface area contributed by atoms with E-state index in [0.717, 1.165) is 42.7 Å². The number of ether oxygens (including phenoxy) is 2. The van der Waals surface area contributed by atoms with Gasteiger partial charge in [-0.05, 0) is 68.3 Å². The van der Waals surface area contributed by atoms with E-state index in [-0.39, 0.29) is 18.0 Å². The molecule has 1 aliphatic heterocycles. The molecule has 1 aliphatic rings. The van der Waals surface area contributed by atoms with Gasteiger partial charge >= 0.3 is 0 Å². The quantitative estimate of drug-likeness (QED) is 0.410. The topological polar surface area (TPSA) is 85.7 Å². The van der Waals surface area contributed by atoms with Crippen molar-refractivity contribution in [3.8, 4) is 17.2 Å². The van der Waals surface area contributed by atoms with Crippen LogP contribution in [0.25, 0.3) is 16.6 Å². The lowest BCUT2D eigenvalue weighted by Gasteiger charge is -2.22. The standard InChI is InChI=1S/C29H30N4O4/c1-19-6-9-22(10-7-19)33-28(35)24-12-8-20(17-25(24)31-29(33)32-14-4-5-15-32)27(34)30-18-21-16-23(36-2)11-13-26(21)37-3/h6-13,16-17H,4-5,14-15,18H2,1-3H3,(H,30,34). The van der Waals surface area contributed by atoms with Gasteiger partial charge in [-0.1, -0.05) is 17.7 Å². The summed E-state index contributed by atoms with van der Waals surface area (Å²) < 4.78 is 12.4. The van der Waals surface area contributed by atoms with E-state index in [4.69, 9.17) is 14.5 Å². The number of nitrogens with zero attached hydrogens (tertiary/aromatic N) is 3. The largest absolute Gasteiger partial charge is 0.497 e. The molecular formula is C29H30N4O4. The smallest absolute Gasteiger partial charge is 0.267 e. The number of hydrogen-bond acceptors (Lipinski definition) is 6. The average Bonchev–Trinajstić information content (AvgIpc) is 3.47. The number of carbonyl (C=O) groups is 1. The Labute approximate surface area is 215 Å². The number of fused-ring (bicyclic) bond motifs is 1. The van der Waals surface area contributed by atoms with Crippen LogP contribution in [0.1, 0.15) is 34.3 Å². The van der Waals surface area contributed by atoms with Crippen LogP contribution in [0.4, 0.5) is 5.95 Å².